The minimum absolute atomic E-state index is 0.561. The zero-order chi connectivity index (χ0) is 8.55. The lowest BCUT2D eigenvalue weighted by molar-refractivity contribution is 1.40. The first-order chi connectivity index (χ1) is 5.83. The molecule has 1 aromatic rings. The summed E-state index contributed by atoms with van der Waals surface area (Å²) in [5, 5.41) is 0. The maximum absolute atomic E-state index is 5.68. The van der Waals surface area contributed by atoms with E-state index in [9.17, 15) is 0 Å². The SMILES string of the molecule is CN=C1N=C(N)c2ccccc21. The Kier molecular flexibility index (Phi) is 1.43. The average Bonchev–Trinajstić information content (AvgIpc) is 2.44. The predicted octanol–water partition coefficient (Wildman–Crippen LogP) is 0.782. The normalized spacial score (nSPS) is 17.8. The standard InChI is InChI=1S/C9H9N3/c1-11-9-7-5-3-2-4-6(7)8(10)12-9/h2-5H,1H3,(H2,10,11,12). The van der Waals surface area contributed by atoms with Crippen LogP contribution in [0.25, 0.3) is 0 Å². The molecule has 0 aromatic heterocycles. The van der Waals surface area contributed by atoms with Gasteiger partial charge in [0.2, 0.25) is 0 Å². The lowest BCUT2D eigenvalue weighted by atomic mass is 10.1. The molecule has 0 atom stereocenters. The Morgan fingerprint density at radius 1 is 1.25 bits per heavy atom. The van der Waals surface area contributed by atoms with Crippen LogP contribution in [0, 0.1) is 0 Å². The number of rotatable bonds is 0. The number of benzene rings is 1. The molecule has 0 bridgehead atoms. The lowest BCUT2D eigenvalue weighted by Gasteiger charge is -1.95. The van der Waals surface area contributed by atoms with Crippen LogP contribution >= 0.6 is 0 Å². The molecule has 1 aliphatic rings. The van der Waals surface area contributed by atoms with E-state index < -0.39 is 0 Å². The fourth-order valence-electron chi connectivity index (χ4n) is 1.31. The molecule has 0 amide bonds. The molecule has 0 saturated heterocycles. The van der Waals surface area contributed by atoms with Crippen LogP contribution in [0.15, 0.2) is 34.3 Å². The van der Waals surface area contributed by atoms with E-state index in [0.29, 0.717) is 5.84 Å². The summed E-state index contributed by atoms with van der Waals surface area (Å²) in [5.74, 6) is 1.29. The minimum atomic E-state index is 0.561. The summed E-state index contributed by atoms with van der Waals surface area (Å²) in [4.78, 5) is 8.15. The van der Waals surface area contributed by atoms with Crippen molar-refractivity contribution in [2.75, 3.05) is 7.05 Å². The summed E-state index contributed by atoms with van der Waals surface area (Å²) in [6, 6.07) is 7.82. The largest absolute Gasteiger partial charge is 0.383 e. The zero-order valence-corrected chi connectivity index (χ0v) is 6.78. The van der Waals surface area contributed by atoms with E-state index in [1.165, 1.54) is 0 Å². The summed E-state index contributed by atoms with van der Waals surface area (Å²) in [7, 11) is 1.72. The highest BCUT2D eigenvalue weighted by Gasteiger charge is 2.17. The van der Waals surface area contributed by atoms with E-state index >= 15 is 0 Å². The van der Waals surface area contributed by atoms with Crippen LogP contribution in [0.3, 0.4) is 0 Å². The van der Waals surface area contributed by atoms with E-state index in [-0.39, 0.29) is 0 Å². The van der Waals surface area contributed by atoms with Gasteiger partial charge in [0.15, 0.2) is 5.84 Å². The second-order valence-corrected chi connectivity index (χ2v) is 2.59. The number of amidine groups is 2. The van der Waals surface area contributed by atoms with Crippen LogP contribution in [-0.2, 0) is 0 Å². The molecule has 1 aromatic carbocycles. The van der Waals surface area contributed by atoms with E-state index in [1.54, 1.807) is 7.05 Å². The van der Waals surface area contributed by atoms with Gasteiger partial charge in [0.05, 0.1) is 0 Å². The zero-order valence-electron chi connectivity index (χ0n) is 6.78. The van der Waals surface area contributed by atoms with E-state index in [0.717, 1.165) is 17.0 Å². The van der Waals surface area contributed by atoms with Gasteiger partial charge in [0.1, 0.15) is 5.84 Å². The monoisotopic (exact) mass is 159 g/mol. The van der Waals surface area contributed by atoms with Crippen molar-refractivity contribution >= 4 is 11.7 Å². The summed E-state index contributed by atoms with van der Waals surface area (Å²) in [6.07, 6.45) is 0. The minimum Gasteiger partial charge on any atom is -0.383 e. The Balaban J connectivity index is 2.67. The first-order valence-electron chi connectivity index (χ1n) is 3.73. The fourth-order valence-corrected chi connectivity index (χ4v) is 1.31. The Labute approximate surface area is 70.7 Å². The second-order valence-electron chi connectivity index (χ2n) is 2.59. The third kappa shape index (κ3) is 0.830. The maximum atomic E-state index is 5.68. The molecule has 12 heavy (non-hydrogen) atoms. The quantitative estimate of drug-likeness (QED) is 0.597. The van der Waals surface area contributed by atoms with E-state index in [2.05, 4.69) is 9.98 Å². The van der Waals surface area contributed by atoms with Gasteiger partial charge in [0.25, 0.3) is 0 Å². The van der Waals surface area contributed by atoms with Crippen molar-refractivity contribution in [1.29, 1.82) is 0 Å². The third-order valence-corrected chi connectivity index (χ3v) is 1.88. The summed E-state index contributed by atoms with van der Waals surface area (Å²) >= 11 is 0. The van der Waals surface area contributed by atoms with Crippen LogP contribution in [-0.4, -0.2) is 18.7 Å². The Morgan fingerprint density at radius 2 is 1.92 bits per heavy atom. The van der Waals surface area contributed by atoms with Crippen LogP contribution in [0.4, 0.5) is 0 Å². The van der Waals surface area contributed by atoms with Gasteiger partial charge in [-0.25, -0.2) is 4.99 Å². The molecule has 2 N–H and O–H groups in total. The van der Waals surface area contributed by atoms with Gasteiger partial charge in [-0.2, -0.15) is 0 Å². The highest BCUT2D eigenvalue weighted by atomic mass is 15.0. The van der Waals surface area contributed by atoms with Crippen LogP contribution < -0.4 is 5.73 Å². The summed E-state index contributed by atoms with van der Waals surface area (Å²) < 4.78 is 0. The van der Waals surface area contributed by atoms with Crippen molar-refractivity contribution in [2.45, 2.75) is 0 Å². The number of nitrogens with two attached hydrogens (primary N) is 1. The highest BCUT2D eigenvalue weighted by molar-refractivity contribution is 6.21. The van der Waals surface area contributed by atoms with Crippen LogP contribution in [0.1, 0.15) is 11.1 Å². The number of hydrogen-bond acceptors (Lipinski definition) is 2. The van der Waals surface area contributed by atoms with E-state index in [1.807, 2.05) is 24.3 Å². The van der Waals surface area contributed by atoms with Crippen molar-refractivity contribution < 1.29 is 0 Å². The first kappa shape index (κ1) is 7.03. The molecule has 0 fully saturated rings. The molecule has 1 heterocycles. The number of fused-ring (bicyclic) bond motifs is 1. The van der Waals surface area contributed by atoms with Gasteiger partial charge in [0, 0.05) is 18.2 Å². The molecule has 0 radical (unpaired) electrons. The highest BCUT2D eigenvalue weighted by Crippen LogP contribution is 2.16. The fraction of sp³-hybridized carbons (Fsp3) is 0.111. The van der Waals surface area contributed by atoms with Gasteiger partial charge in [-0.1, -0.05) is 24.3 Å². The molecule has 1 aliphatic heterocycles. The second kappa shape index (κ2) is 2.44. The maximum Gasteiger partial charge on any atom is 0.157 e. The van der Waals surface area contributed by atoms with Gasteiger partial charge in [-0.05, 0) is 0 Å². The summed E-state index contributed by atoms with van der Waals surface area (Å²) in [5.41, 5.74) is 7.69. The Morgan fingerprint density at radius 3 is 2.58 bits per heavy atom. The Hall–Kier alpha value is -1.64. The molecule has 3 heteroatoms. The molecular formula is C9H9N3. The van der Waals surface area contributed by atoms with Gasteiger partial charge >= 0.3 is 0 Å². The van der Waals surface area contributed by atoms with Gasteiger partial charge < -0.3 is 5.73 Å². The summed E-state index contributed by atoms with van der Waals surface area (Å²) in [6.45, 7) is 0. The van der Waals surface area contributed by atoms with Crippen molar-refractivity contribution in [3.63, 3.8) is 0 Å². The molecule has 60 valence electrons. The van der Waals surface area contributed by atoms with Crippen molar-refractivity contribution in [3.05, 3.63) is 35.4 Å². The Bertz CT molecular complexity index is 377. The molecule has 2 rings (SSSR count). The molecule has 0 saturated carbocycles. The molecule has 0 aliphatic carbocycles. The first-order valence-corrected chi connectivity index (χ1v) is 3.73. The van der Waals surface area contributed by atoms with Crippen molar-refractivity contribution in [1.82, 2.24) is 0 Å². The molecule has 0 unspecified atom stereocenters. The number of aliphatic imine (C=N–C) groups is 2. The molecule has 0 spiro atoms. The third-order valence-electron chi connectivity index (χ3n) is 1.88. The average molecular weight is 159 g/mol. The molecule has 3 nitrogen and oxygen atoms in total. The molecular weight excluding hydrogens is 150 g/mol. The van der Waals surface area contributed by atoms with E-state index in [4.69, 9.17) is 5.73 Å². The van der Waals surface area contributed by atoms with Gasteiger partial charge in [-0.3, -0.25) is 4.99 Å². The predicted molar refractivity (Wildman–Crippen MR) is 49.6 cm³/mol. The van der Waals surface area contributed by atoms with Gasteiger partial charge in [-0.15, -0.1) is 0 Å². The van der Waals surface area contributed by atoms with Crippen LogP contribution in [0.2, 0.25) is 0 Å². The number of hydrogen-bond donors (Lipinski definition) is 1. The smallest absolute Gasteiger partial charge is 0.157 e. The van der Waals surface area contributed by atoms with Crippen molar-refractivity contribution in [2.24, 2.45) is 15.7 Å². The topological polar surface area (TPSA) is 50.7 Å². The number of nitrogens with zero attached hydrogens (tertiary/aromatic N) is 2. The lowest BCUT2D eigenvalue weighted by Crippen LogP contribution is -2.09. The van der Waals surface area contributed by atoms with Crippen molar-refractivity contribution in [3.8, 4) is 0 Å². The van der Waals surface area contributed by atoms with Crippen LogP contribution in [0.5, 0.6) is 0 Å².